The van der Waals surface area contributed by atoms with Gasteiger partial charge >= 0.3 is 5.97 Å². The number of hydrogen-bond acceptors (Lipinski definition) is 4. The summed E-state index contributed by atoms with van der Waals surface area (Å²) in [6.45, 7) is 0.706. The molecule has 26 heavy (non-hydrogen) atoms. The Morgan fingerprint density at radius 1 is 1.08 bits per heavy atom. The number of amides is 2. The van der Waals surface area contributed by atoms with Gasteiger partial charge in [-0.1, -0.05) is 0 Å². The van der Waals surface area contributed by atoms with Crippen molar-refractivity contribution in [1.29, 1.82) is 0 Å². The Bertz CT molecular complexity index is 838. The zero-order chi connectivity index (χ0) is 19.3. The predicted octanol–water partition coefficient (Wildman–Crippen LogP) is 2.74. The normalized spacial score (nSPS) is 10.2. The van der Waals surface area contributed by atoms with Crippen molar-refractivity contribution in [3.05, 3.63) is 59.7 Å². The molecule has 0 aromatic heterocycles. The minimum absolute atomic E-state index is 0.199. The molecule has 0 radical (unpaired) electrons. The number of ether oxygens (including phenoxy) is 1. The van der Waals surface area contributed by atoms with Crippen LogP contribution in [0.15, 0.2) is 42.5 Å². The van der Waals surface area contributed by atoms with Crippen molar-refractivity contribution in [2.75, 3.05) is 23.9 Å². The lowest BCUT2D eigenvalue weighted by atomic mass is 10.2. The van der Waals surface area contributed by atoms with Gasteiger partial charge in [0.2, 0.25) is 11.8 Å². The van der Waals surface area contributed by atoms with Gasteiger partial charge in [-0.05, 0) is 36.4 Å². The van der Waals surface area contributed by atoms with Crippen LogP contribution in [0.2, 0.25) is 0 Å². The monoisotopic (exact) mass is 362 g/mol. The minimum atomic E-state index is -0.949. The molecule has 0 aliphatic heterocycles. The summed E-state index contributed by atoms with van der Waals surface area (Å²) in [4.78, 5) is 36.2. The fraction of sp³-hybridized carbons (Fsp3) is 0.167. The summed E-state index contributed by atoms with van der Waals surface area (Å²) in [5.41, 5.74) is 0.491. The maximum atomic E-state index is 13.9. The molecular formula is C18H16F2N2O4. The zero-order valence-corrected chi connectivity index (χ0v) is 14.1. The van der Waals surface area contributed by atoms with Crippen molar-refractivity contribution in [3.63, 3.8) is 0 Å². The molecule has 0 aliphatic carbocycles. The van der Waals surface area contributed by atoms with Crippen LogP contribution >= 0.6 is 0 Å². The van der Waals surface area contributed by atoms with Crippen LogP contribution in [0.3, 0.4) is 0 Å². The molecule has 0 bridgehead atoms. The van der Waals surface area contributed by atoms with Crippen LogP contribution in [0.4, 0.5) is 20.2 Å². The Morgan fingerprint density at radius 3 is 2.27 bits per heavy atom. The summed E-state index contributed by atoms with van der Waals surface area (Å²) in [5, 5.41) is 2.53. The number of halogens is 2. The second kappa shape index (κ2) is 8.19. The number of benzene rings is 2. The Morgan fingerprint density at radius 2 is 1.73 bits per heavy atom. The third-order valence-electron chi connectivity index (χ3n) is 3.47. The highest BCUT2D eigenvalue weighted by atomic mass is 19.1. The van der Waals surface area contributed by atoms with E-state index in [0.717, 1.165) is 17.0 Å². The first-order valence-corrected chi connectivity index (χ1v) is 7.53. The highest BCUT2D eigenvalue weighted by Crippen LogP contribution is 2.20. The van der Waals surface area contributed by atoms with Gasteiger partial charge in [0.05, 0.1) is 18.4 Å². The standard InChI is InChI=1S/C18H16F2N2O4/c1-11(23)22(16-8-5-13(19)9-15(16)20)10-17(24)21-14-6-3-12(4-7-14)18(25)26-2/h3-9H,10H2,1-2H3,(H,21,24). The summed E-state index contributed by atoms with van der Waals surface area (Å²) in [6, 6.07) is 8.62. The van der Waals surface area contributed by atoms with Gasteiger partial charge in [0, 0.05) is 18.7 Å². The quantitative estimate of drug-likeness (QED) is 0.830. The van der Waals surface area contributed by atoms with Gasteiger partial charge in [-0.3, -0.25) is 9.59 Å². The number of nitrogens with one attached hydrogen (secondary N) is 1. The van der Waals surface area contributed by atoms with Crippen molar-refractivity contribution in [3.8, 4) is 0 Å². The first-order valence-electron chi connectivity index (χ1n) is 7.53. The molecule has 0 fully saturated rings. The van der Waals surface area contributed by atoms with E-state index in [9.17, 15) is 23.2 Å². The van der Waals surface area contributed by atoms with Gasteiger partial charge in [-0.2, -0.15) is 0 Å². The first-order chi connectivity index (χ1) is 12.3. The van der Waals surface area contributed by atoms with Crippen LogP contribution in [0.5, 0.6) is 0 Å². The predicted molar refractivity (Wildman–Crippen MR) is 90.8 cm³/mol. The molecule has 0 aliphatic rings. The number of carbonyl (C=O) groups is 3. The average molecular weight is 362 g/mol. The highest BCUT2D eigenvalue weighted by Gasteiger charge is 2.19. The molecule has 2 amide bonds. The number of rotatable bonds is 5. The lowest BCUT2D eigenvalue weighted by Crippen LogP contribution is -2.37. The van der Waals surface area contributed by atoms with Crippen LogP contribution in [-0.4, -0.2) is 31.4 Å². The Labute approximate surface area is 148 Å². The maximum absolute atomic E-state index is 13.9. The largest absolute Gasteiger partial charge is 0.465 e. The van der Waals surface area contributed by atoms with E-state index in [2.05, 4.69) is 10.1 Å². The van der Waals surface area contributed by atoms with E-state index in [-0.39, 0.29) is 5.69 Å². The molecule has 1 N–H and O–H groups in total. The van der Waals surface area contributed by atoms with E-state index in [0.29, 0.717) is 17.3 Å². The zero-order valence-electron chi connectivity index (χ0n) is 14.1. The van der Waals surface area contributed by atoms with Crippen molar-refractivity contribution in [1.82, 2.24) is 0 Å². The summed E-state index contributed by atoms with van der Waals surface area (Å²) >= 11 is 0. The van der Waals surface area contributed by atoms with E-state index in [1.54, 1.807) is 0 Å². The van der Waals surface area contributed by atoms with Gasteiger partial charge in [-0.15, -0.1) is 0 Å². The number of carbonyl (C=O) groups excluding carboxylic acids is 3. The third kappa shape index (κ3) is 4.62. The summed E-state index contributed by atoms with van der Waals surface area (Å²) < 4.78 is 31.5. The number of esters is 1. The Balaban J connectivity index is 2.10. The van der Waals surface area contributed by atoms with Crippen LogP contribution in [0, 0.1) is 11.6 Å². The summed E-state index contributed by atoms with van der Waals surface area (Å²) in [6.07, 6.45) is 0. The fourth-order valence-electron chi connectivity index (χ4n) is 2.22. The molecule has 0 saturated carbocycles. The maximum Gasteiger partial charge on any atom is 0.337 e. The van der Waals surface area contributed by atoms with Crippen molar-refractivity contribution >= 4 is 29.2 Å². The van der Waals surface area contributed by atoms with Gasteiger partial charge in [0.1, 0.15) is 18.2 Å². The second-order valence-corrected chi connectivity index (χ2v) is 5.32. The molecule has 0 unspecified atom stereocenters. The van der Waals surface area contributed by atoms with Gasteiger partial charge in [-0.25, -0.2) is 13.6 Å². The summed E-state index contributed by atoms with van der Waals surface area (Å²) in [5.74, 6) is -3.42. The third-order valence-corrected chi connectivity index (χ3v) is 3.47. The Kier molecular flexibility index (Phi) is 6.00. The number of methoxy groups -OCH3 is 1. The van der Waals surface area contributed by atoms with Crippen LogP contribution < -0.4 is 10.2 Å². The molecule has 0 saturated heterocycles. The van der Waals surface area contributed by atoms with E-state index in [4.69, 9.17) is 0 Å². The molecule has 2 rings (SSSR count). The second-order valence-electron chi connectivity index (χ2n) is 5.32. The van der Waals surface area contributed by atoms with Crippen molar-refractivity contribution < 1.29 is 27.9 Å². The molecule has 0 spiro atoms. The molecule has 0 atom stereocenters. The van der Waals surface area contributed by atoms with Gasteiger partial charge in [0.25, 0.3) is 0 Å². The average Bonchev–Trinajstić information content (AvgIpc) is 2.60. The SMILES string of the molecule is COC(=O)c1ccc(NC(=O)CN(C(C)=O)c2ccc(F)cc2F)cc1. The van der Waals surface area contributed by atoms with E-state index < -0.39 is 36.0 Å². The lowest BCUT2D eigenvalue weighted by Gasteiger charge is -2.21. The van der Waals surface area contributed by atoms with Crippen molar-refractivity contribution in [2.24, 2.45) is 0 Å². The van der Waals surface area contributed by atoms with Crippen LogP contribution in [0.1, 0.15) is 17.3 Å². The molecular weight excluding hydrogens is 346 g/mol. The number of nitrogens with zero attached hydrogens (tertiary/aromatic N) is 1. The molecule has 8 heteroatoms. The number of anilines is 2. The van der Waals surface area contributed by atoms with E-state index in [1.807, 2.05) is 0 Å². The van der Waals surface area contributed by atoms with Crippen LogP contribution in [-0.2, 0) is 14.3 Å². The fourth-order valence-corrected chi connectivity index (χ4v) is 2.22. The van der Waals surface area contributed by atoms with Gasteiger partial charge in [0.15, 0.2) is 0 Å². The molecule has 2 aromatic carbocycles. The highest BCUT2D eigenvalue weighted by molar-refractivity contribution is 6.02. The molecule has 6 nitrogen and oxygen atoms in total. The topological polar surface area (TPSA) is 75.7 Å². The smallest absolute Gasteiger partial charge is 0.337 e. The summed E-state index contributed by atoms with van der Waals surface area (Å²) in [7, 11) is 1.25. The molecule has 0 heterocycles. The van der Waals surface area contributed by atoms with E-state index >= 15 is 0 Å². The molecule has 2 aromatic rings. The number of hydrogen-bond donors (Lipinski definition) is 1. The first kappa shape index (κ1) is 19.0. The van der Waals surface area contributed by atoms with Crippen LogP contribution in [0.25, 0.3) is 0 Å². The van der Waals surface area contributed by atoms with Gasteiger partial charge < -0.3 is 15.0 Å². The van der Waals surface area contributed by atoms with E-state index in [1.165, 1.54) is 38.3 Å². The van der Waals surface area contributed by atoms with Crippen molar-refractivity contribution in [2.45, 2.75) is 6.92 Å². The Hall–Kier alpha value is -3.29. The lowest BCUT2D eigenvalue weighted by molar-refractivity contribution is -0.120. The molecule has 136 valence electrons. The minimum Gasteiger partial charge on any atom is -0.465 e.